The quantitative estimate of drug-likeness (QED) is 0.00968. The highest BCUT2D eigenvalue weighted by Crippen LogP contribution is 2.55. The number of nitrogens with two attached hydrogens (primary N) is 1. The van der Waals surface area contributed by atoms with Crippen molar-refractivity contribution in [1.29, 1.82) is 0 Å². The van der Waals surface area contributed by atoms with E-state index < -0.39 is 52.9 Å². The molecule has 452 valence electrons. The molecule has 6 atom stereocenters. The largest absolute Gasteiger partial charge is 0.475 e. The topological polar surface area (TPSA) is 302 Å². The lowest BCUT2D eigenvalue weighted by Crippen LogP contribution is -2.53. The number of anilines is 1. The van der Waals surface area contributed by atoms with Crippen molar-refractivity contribution in [3.8, 4) is 0 Å². The highest BCUT2D eigenvalue weighted by molar-refractivity contribution is 7.48. The van der Waals surface area contributed by atoms with Gasteiger partial charge in [0.05, 0.1) is 19.4 Å². The van der Waals surface area contributed by atoms with Crippen LogP contribution in [-0.2, 0) is 55.6 Å². The highest BCUT2D eigenvalue weighted by atomic mass is 31.2. The fraction of sp³-hybridized carbons (Fsp3) is 0.596. The maximum atomic E-state index is 13.1. The molecule has 2 aromatic carbocycles. The van der Waals surface area contributed by atoms with E-state index in [0.29, 0.717) is 80.0 Å². The van der Waals surface area contributed by atoms with E-state index in [9.17, 15) is 33.3 Å². The summed E-state index contributed by atoms with van der Waals surface area (Å²) in [6.45, 7) is 12.4. The Morgan fingerprint density at radius 3 is 2.05 bits per heavy atom. The number of nitrogen functional groups attached to an aromatic ring is 1. The number of rotatable bonds is 34. The molecule has 2 fully saturated rings. The fourth-order valence-electron chi connectivity index (χ4n) is 9.91. The summed E-state index contributed by atoms with van der Waals surface area (Å²) < 4.78 is 61.7. The van der Waals surface area contributed by atoms with Crippen LogP contribution in [0.4, 0.5) is 5.82 Å². The number of unbranched alkanes of at least 4 members (excludes halogenated alkanes) is 7. The summed E-state index contributed by atoms with van der Waals surface area (Å²) >= 11 is 0. The molecule has 0 aliphatic carbocycles. The van der Waals surface area contributed by atoms with E-state index in [1.165, 1.54) is 34.1 Å². The van der Waals surface area contributed by atoms with Gasteiger partial charge in [-0.1, -0.05) is 103 Å². The summed E-state index contributed by atoms with van der Waals surface area (Å²) in [4.78, 5) is 88.9. The second kappa shape index (κ2) is 33.3. The first kappa shape index (κ1) is 65.2. The van der Waals surface area contributed by atoms with Crippen LogP contribution in [0.25, 0.3) is 11.2 Å². The molecule has 82 heavy (non-hydrogen) atoms. The lowest BCUT2D eigenvalue weighted by atomic mass is 10.0. The molecule has 2 saturated heterocycles. The van der Waals surface area contributed by atoms with Gasteiger partial charge in [-0.25, -0.2) is 19.5 Å². The molecule has 25 heteroatoms. The number of fused-ring (bicyclic) bond motifs is 2. The number of benzene rings is 2. The smallest absolute Gasteiger partial charge is 0.459 e. The van der Waals surface area contributed by atoms with Crippen LogP contribution < -0.4 is 27.0 Å². The Bertz CT molecular complexity index is 2740. The number of esters is 1. The van der Waals surface area contributed by atoms with E-state index in [1.807, 2.05) is 6.07 Å². The third kappa shape index (κ3) is 19.6. The van der Waals surface area contributed by atoms with Gasteiger partial charge < -0.3 is 45.3 Å². The zero-order valence-corrected chi connectivity index (χ0v) is 50.5. The van der Waals surface area contributed by atoms with Crippen molar-refractivity contribution >= 4 is 68.7 Å². The number of amides is 4. The van der Waals surface area contributed by atoms with E-state index in [4.69, 9.17) is 39.0 Å². The molecule has 2 aliphatic heterocycles. The van der Waals surface area contributed by atoms with Gasteiger partial charge in [0.2, 0.25) is 17.7 Å². The van der Waals surface area contributed by atoms with Crippen LogP contribution in [0, 0.1) is 0 Å². The molecule has 6 rings (SSSR count). The maximum Gasteiger partial charge on any atom is 0.475 e. The second-order valence-corrected chi connectivity index (χ2v) is 27.0. The highest BCUT2D eigenvalue weighted by Gasteiger charge is 2.51. The minimum Gasteiger partial charge on any atom is -0.459 e. The molecular weight excluding hydrogens is 1090 g/mol. The third-order valence-electron chi connectivity index (χ3n) is 14.3. The van der Waals surface area contributed by atoms with Crippen molar-refractivity contribution in [3.63, 3.8) is 0 Å². The molecule has 0 bridgehead atoms. The van der Waals surface area contributed by atoms with Crippen molar-refractivity contribution in [3.05, 3.63) is 83.9 Å². The number of phosphoric acid groups is 1. The molecule has 23 nitrogen and oxygen atoms in total. The number of imidazole rings is 1. The van der Waals surface area contributed by atoms with Crippen LogP contribution in [-0.4, -0.2) is 134 Å². The minimum atomic E-state index is -3.92. The Morgan fingerprint density at radius 2 is 1.40 bits per heavy atom. The third-order valence-corrected chi connectivity index (χ3v) is 20.2. The number of hydrogen-bond donors (Lipinski definition) is 5. The molecule has 4 aromatic rings. The monoisotopic (exact) mass is 1180 g/mol. The molecular formula is C57H86N9O14PSi. The molecule has 2 aliphatic rings. The zero-order valence-electron chi connectivity index (χ0n) is 49.6. The summed E-state index contributed by atoms with van der Waals surface area (Å²) in [6.07, 6.45) is 7.77. The van der Waals surface area contributed by atoms with Crippen LogP contribution in [0.3, 0.4) is 0 Å². The van der Waals surface area contributed by atoms with Crippen LogP contribution in [0.1, 0.15) is 166 Å². The molecule has 0 radical (unpaired) electrons. The number of hydrogen-bond acceptors (Lipinski definition) is 18. The molecule has 6 N–H and O–H groups in total. The standard InChI is InChI=1S/C56H82N9O14PSi.CH4/c1-38(2)81(39(3)4,76-33-19-10-8-16-30-60-56(71)44(64-40(5)66)22-14-17-31-59-55(70)43-25-23-42(24-26-43)51(69)41-20-12-11-13-21-41)75-32-18-9-7-15-29-58-47(67)27-28-49(68)78-45-34-48(65-37-63-50-53(57)61-36-62-54(50)65)77-46-35-74-80(72,73-6)79-52(45)46;/h11-13,20-21,23-26,36-39,44-46,48,52H,7-10,14-19,22,27-35H2,1-6H3,(H,58,67)(H,59,70)(H,60,71)(H,64,66)(H2,57,61,62);1H4/i;1T. The van der Waals surface area contributed by atoms with Crippen LogP contribution in [0.2, 0.25) is 11.1 Å². The van der Waals surface area contributed by atoms with Crippen molar-refractivity contribution in [2.75, 3.05) is 52.3 Å². The van der Waals surface area contributed by atoms with Gasteiger partial charge in [0, 0.05) is 77.8 Å². The Kier molecular flexibility index (Phi) is 26.5. The first-order chi connectivity index (χ1) is 39.9. The summed E-state index contributed by atoms with van der Waals surface area (Å²) in [5, 5.41) is 11.5. The minimum absolute atomic E-state index is 0.0812. The molecule has 4 heterocycles. The van der Waals surface area contributed by atoms with Gasteiger partial charge in [-0.3, -0.25) is 46.9 Å². The Morgan fingerprint density at radius 1 is 0.793 bits per heavy atom. The molecule has 6 unspecified atom stereocenters. The Balaban J connectivity index is 0.00000624. The normalized spacial score (nSPS) is 19.3. The molecule has 0 spiro atoms. The first-order valence-corrected chi connectivity index (χ1v) is 31.7. The molecule has 0 saturated carbocycles. The predicted molar refractivity (Wildman–Crippen MR) is 310 cm³/mol. The van der Waals surface area contributed by atoms with Gasteiger partial charge >= 0.3 is 22.4 Å². The lowest BCUT2D eigenvalue weighted by Gasteiger charge is -2.44. The average Bonchev–Trinajstić information content (AvgIpc) is 4.21. The second-order valence-electron chi connectivity index (χ2n) is 20.9. The predicted octanol–water partition coefficient (Wildman–Crippen LogP) is 8.18. The molecule has 4 amide bonds. The fourth-order valence-corrected chi connectivity index (χ4v) is 14.7. The van der Waals surface area contributed by atoms with E-state index in [2.05, 4.69) is 63.9 Å². The van der Waals surface area contributed by atoms with E-state index in [-0.39, 0.29) is 72.2 Å². The number of carbonyl (C=O) groups is 6. The van der Waals surface area contributed by atoms with Crippen molar-refractivity contribution in [2.45, 2.75) is 174 Å². The van der Waals surface area contributed by atoms with Crippen LogP contribution >= 0.6 is 7.82 Å². The number of nitrogens with zero attached hydrogens (tertiary/aromatic N) is 4. The molecule has 2 aromatic heterocycles. The van der Waals surface area contributed by atoms with E-state index >= 15 is 0 Å². The van der Waals surface area contributed by atoms with Gasteiger partial charge in [-0.2, -0.15) is 0 Å². The summed E-state index contributed by atoms with van der Waals surface area (Å²) in [7, 11) is -4.03. The van der Waals surface area contributed by atoms with Gasteiger partial charge in [-0.05, 0) is 68.2 Å². The number of aromatic nitrogens is 4. The first-order valence-electron chi connectivity index (χ1n) is 29.3. The summed E-state index contributed by atoms with van der Waals surface area (Å²) in [5.74, 6) is -1.61. The zero-order chi connectivity index (χ0) is 60.4. The van der Waals surface area contributed by atoms with E-state index in [0.717, 1.165) is 51.4 Å². The number of nitrogens with one attached hydrogen (secondary N) is 4. The number of ether oxygens (including phenoxy) is 2. The number of ketones is 1. The van der Waals surface area contributed by atoms with Crippen LogP contribution in [0.15, 0.2) is 67.3 Å². The van der Waals surface area contributed by atoms with Crippen molar-refractivity contribution < 1.29 is 66.6 Å². The van der Waals surface area contributed by atoms with Crippen molar-refractivity contribution in [2.24, 2.45) is 0 Å². The van der Waals surface area contributed by atoms with E-state index in [1.54, 1.807) is 53.1 Å². The summed E-state index contributed by atoms with van der Waals surface area (Å²) in [5.41, 5.74) is 8.79. The Labute approximate surface area is 484 Å². The van der Waals surface area contributed by atoms with Gasteiger partial charge in [0.1, 0.15) is 42.4 Å². The van der Waals surface area contributed by atoms with Crippen LogP contribution in [0.5, 0.6) is 0 Å². The van der Waals surface area contributed by atoms with Crippen molar-refractivity contribution in [1.82, 2.24) is 40.8 Å². The maximum absolute atomic E-state index is 13.1. The number of phosphoric ester groups is 1. The number of carbonyl (C=O) groups excluding carboxylic acids is 6. The Hall–Kier alpha value is -5.98. The van der Waals surface area contributed by atoms with Gasteiger partial charge in [0.25, 0.3) is 5.91 Å². The lowest BCUT2D eigenvalue weighted by molar-refractivity contribution is -0.222. The average molecular weight is 1180 g/mol. The van der Waals surface area contributed by atoms with Gasteiger partial charge in [0.15, 0.2) is 17.2 Å². The SMILES string of the molecule is COP1(=O)OCC2OC(n3cnc4c(N)ncnc43)CC(OC(=O)CCC(=O)NCCCCCCO[Si](OCCCCCCNC(=O)C(CCCCNC(=O)c3ccc(C(=O)c4ccccc4)cc3)NC(C)=O)(C(C)C)C(C)C)C2O1.[3H]C. The van der Waals surface area contributed by atoms with Gasteiger partial charge in [-0.15, -0.1) is 0 Å². The summed E-state index contributed by atoms with van der Waals surface area (Å²) in [6, 6.07) is 14.8.